The second-order valence-corrected chi connectivity index (χ2v) is 12.1. The van der Waals surface area contributed by atoms with Gasteiger partial charge in [-0.15, -0.1) is 0 Å². The van der Waals surface area contributed by atoms with Crippen molar-refractivity contribution < 1.29 is 32.3 Å². The number of hydrogen-bond acceptors (Lipinski definition) is 10. The largest absolute Gasteiger partial charge is 0.453 e. The molecule has 0 unspecified atom stereocenters. The van der Waals surface area contributed by atoms with Crippen LogP contribution < -0.4 is 15.8 Å². The van der Waals surface area contributed by atoms with Crippen molar-refractivity contribution in [3.63, 3.8) is 0 Å². The number of amides is 1. The number of carbonyl (C=O) groups excluding carboxylic acids is 1. The predicted molar refractivity (Wildman–Crippen MR) is 150 cm³/mol. The summed E-state index contributed by atoms with van der Waals surface area (Å²) < 4.78 is 45.2. The maximum Gasteiger partial charge on any atom is 0.293 e. The van der Waals surface area contributed by atoms with Crippen molar-refractivity contribution in [3.8, 4) is 11.5 Å². The van der Waals surface area contributed by atoms with Gasteiger partial charge in [0.15, 0.2) is 11.5 Å². The molecule has 1 saturated heterocycles. The Balaban J connectivity index is 1.32. The lowest BCUT2D eigenvalue weighted by Crippen LogP contribution is -2.39. The number of ether oxygens (including phenoxy) is 3. The number of benzene rings is 2. The fourth-order valence-electron chi connectivity index (χ4n) is 5.41. The van der Waals surface area contributed by atoms with Gasteiger partial charge < -0.3 is 30.2 Å². The smallest absolute Gasteiger partial charge is 0.293 e. The first-order valence-electron chi connectivity index (χ1n) is 13.3. The zero-order chi connectivity index (χ0) is 29.5. The fourth-order valence-corrected chi connectivity index (χ4v) is 6.83. The Bertz CT molecular complexity index is 1790. The van der Waals surface area contributed by atoms with E-state index in [0.717, 1.165) is 6.07 Å². The number of hydrogen-bond donors (Lipinski definition) is 3. The first-order valence-corrected chi connectivity index (χ1v) is 14.8. The number of sulfone groups is 1. The number of pyridine rings is 1. The highest BCUT2D eigenvalue weighted by Gasteiger charge is 2.40. The quantitative estimate of drug-likeness (QED) is 0.196. The topological polar surface area (TPSA) is 189 Å². The molecular weight excluding hydrogens is 566 g/mol. The Morgan fingerprint density at radius 2 is 1.90 bits per heavy atom. The minimum Gasteiger partial charge on any atom is -0.453 e. The summed E-state index contributed by atoms with van der Waals surface area (Å²) in [4.78, 5) is 30.1. The van der Waals surface area contributed by atoms with E-state index in [0.29, 0.717) is 49.9 Å². The lowest BCUT2D eigenvalue weighted by atomic mass is 9.90. The van der Waals surface area contributed by atoms with E-state index in [1.807, 2.05) is 0 Å². The van der Waals surface area contributed by atoms with Crippen molar-refractivity contribution in [1.82, 2.24) is 9.97 Å². The van der Waals surface area contributed by atoms with Crippen LogP contribution in [-0.4, -0.2) is 54.3 Å². The second-order valence-electron chi connectivity index (χ2n) is 10.2. The van der Waals surface area contributed by atoms with Crippen LogP contribution in [0.3, 0.4) is 0 Å². The third kappa shape index (κ3) is 5.15. The summed E-state index contributed by atoms with van der Waals surface area (Å²) in [5.74, 6) is -1.63. The Kier molecular flexibility index (Phi) is 7.04. The highest BCUT2D eigenvalue weighted by atomic mass is 32.2. The molecular formula is C28H27N5O8S. The summed E-state index contributed by atoms with van der Waals surface area (Å²) in [7, 11) is -4.42. The Morgan fingerprint density at radius 3 is 2.62 bits per heavy atom. The summed E-state index contributed by atoms with van der Waals surface area (Å²) in [6.45, 7) is 1.10. The van der Waals surface area contributed by atoms with Crippen molar-refractivity contribution in [2.75, 3.05) is 18.5 Å². The zero-order valence-electron chi connectivity index (χ0n) is 22.2. The highest BCUT2D eigenvalue weighted by molar-refractivity contribution is 7.91. The minimum atomic E-state index is -4.42. The maximum absolute atomic E-state index is 13.9. The van der Waals surface area contributed by atoms with Crippen molar-refractivity contribution in [2.45, 2.75) is 47.3 Å². The molecule has 2 aromatic carbocycles. The molecule has 13 nitrogen and oxygen atoms in total. The third-order valence-electron chi connectivity index (χ3n) is 7.53. The molecule has 3 heterocycles. The summed E-state index contributed by atoms with van der Waals surface area (Å²) in [5, 5.41) is 15.9. The predicted octanol–water partition coefficient (Wildman–Crippen LogP) is 4.29. The van der Waals surface area contributed by atoms with Gasteiger partial charge >= 0.3 is 0 Å². The van der Waals surface area contributed by atoms with Crippen LogP contribution in [0.15, 0.2) is 70.7 Å². The normalized spacial score (nSPS) is 17.0. The number of H-pyrrole nitrogens is 1. The number of aromatic nitrogens is 2. The third-order valence-corrected chi connectivity index (χ3v) is 9.30. The number of carbonyl (C=O) groups is 1. The van der Waals surface area contributed by atoms with Gasteiger partial charge in [-0.2, -0.15) is 0 Å². The standard InChI is InChI=1S/C28H27N5O8S/c29-26(34)21-2-1-3-24(25(21)41-19-14-17-8-11-30-27(17)31-16-19)42(37,38)20-4-5-22(23(15-20)33(35)36)32-18-6-9-28(10-7-18)39-12-13-40-28/h1-5,8,11,14-16,18,32H,6-7,9-10,12-13H2,(H2,29,34)(H,30,31). The molecule has 6 rings (SSSR count). The molecule has 42 heavy (non-hydrogen) atoms. The van der Waals surface area contributed by atoms with Gasteiger partial charge in [-0.25, -0.2) is 13.4 Å². The number of fused-ring (bicyclic) bond motifs is 1. The lowest BCUT2D eigenvalue weighted by molar-refractivity contribution is -0.384. The molecule has 4 aromatic rings. The van der Waals surface area contributed by atoms with Crippen LogP contribution in [-0.2, 0) is 19.3 Å². The van der Waals surface area contributed by atoms with Crippen molar-refractivity contribution in [1.29, 1.82) is 0 Å². The van der Waals surface area contributed by atoms with Gasteiger partial charge in [0.1, 0.15) is 22.0 Å². The average Bonchev–Trinajstić information content (AvgIpc) is 3.64. The Labute approximate surface area is 240 Å². The van der Waals surface area contributed by atoms with Gasteiger partial charge in [0.25, 0.3) is 11.6 Å². The molecule has 218 valence electrons. The van der Waals surface area contributed by atoms with E-state index in [4.69, 9.17) is 19.9 Å². The van der Waals surface area contributed by atoms with E-state index in [-0.39, 0.29) is 38.6 Å². The molecule has 1 saturated carbocycles. The minimum absolute atomic E-state index is 0.0807. The maximum atomic E-state index is 13.9. The fraction of sp³-hybridized carbons (Fsp3) is 0.286. The first kappa shape index (κ1) is 27.6. The van der Waals surface area contributed by atoms with Gasteiger partial charge in [-0.05, 0) is 49.2 Å². The van der Waals surface area contributed by atoms with Crippen LogP contribution in [0.25, 0.3) is 11.0 Å². The number of rotatable bonds is 8. The molecule has 1 aliphatic carbocycles. The van der Waals surface area contributed by atoms with Crippen molar-refractivity contribution in [3.05, 3.63) is 76.6 Å². The number of nitro benzene ring substituents is 1. The van der Waals surface area contributed by atoms with E-state index >= 15 is 0 Å². The van der Waals surface area contributed by atoms with E-state index in [1.54, 1.807) is 18.3 Å². The molecule has 2 aromatic heterocycles. The highest BCUT2D eigenvalue weighted by Crippen LogP contribution is 2.40. The molecule has 2 aliphatic rings. The lowest BCUT2D eigenvalue weighted by Gasteiger charge is -2.35. The van der Waals surface area contributed by atoms with E-state index in [2.05, 4.69) is 15.3 Å². The number of anilines is 1. The molecule has 14 heteroatoms. The molecule has 0 bridgehead atoms. The van der Waals surface area contributed by atoms with Crippen LogP contribution in [0.2, 0.25) is 0 Å². The summed E-state index contributed by atoms with van der Waals surface area (Å²) in [6.07, 6.45) is 5.69. The number of nitrogens with one attached hydrogen (secondary N) is 2. The molecule has 1 spiro atoms. The Morgan fingerprint density at radius 1 is 1.14 bits per heavy atom. The number of para-hydroxylation sites is 1. The number of primary amides is 1. The van der Waals surface area contributed by atoms with Crippen molar-refractivity contribution >= 4 is 38.2 Å². The van der Waals surface area contributed by atoms with E-state index in [9.17, 15) is 23.3 Å². The van der Waals surface area contributed by atoms with Gasteiger partial charge in [0, 0.05) is 36.5 Å². The molecule has 4 N–H and O–H groups in total. The molecule has 0 atom stereocenters. The van der Waals surface area contributed by atoms with Crippen LogP contribution >= 0.6 is 0 Å². The second kappa shape index (κ2) is 10.7. The number of nitrogens with two attached hydrogens (primary N) is 1. The molecule has 0 radical (unpaired) electrons. The summed E-state index contributed by atoms with van der Waals surface area (Å²) in [5.41, 5.74) is 5.76. The molecule has 2 fully saturated rings. The molecule has 1 amide bonds. The summed E-state index contributed by atoms with van der Waals surface area (Å²) in [6, 6.07) is 10.9. The van der Waals surface area contributed by atoms with Crippen LogP contribution in [0.4, 0.5) is 11.4 Å². The Hall–Kier alpha value is -4.53. The monoisotopic (exact) mass is 593 g/mol. The number of aromatic amines is 1. The number of nitrogens with zero attached hydrogens (tertiary/aromatic N) is 2. The first-order chi connectivity index (χ1) is 20.1. The van der Waals surface area contributed by atoms with E-state index in [1.165, 1.54) is 36.5 Å². The SMILES string of the molecule is NC(=O)c1cccc(S(=O)(=O)c2ccc(NC3CCC4(CC3)OCCO4)c([N+](=O)[O-])c2)c1Oc1cnc2[nH]ccc2c1. The van der Waals surface area contributed by atoms with E-state index < -0.39 is 32.1 Å². The average molecular weight is 594 g/mol. The number of nitro groups is 1. The molecule has 1 aliphatic heterocycles. The summed E-state index contributed by atoms with van der Waals surface area (Å²) >= 11 is 0. The van der Waals surface area contributed by atoms with Gasteiger partial charge in [0.05, 0.1) is 34.8 Å². The van der Waals surface area contributed by atoms with Gasteiger partial charge in [-0.1, -0.05) is 6.07 Å². The zero-order valence-corrected chi connectivity index (χ0v) is 23.1. The van der Waals surface area contributed by atoms with Gasteiger partial charge in [-0.3, -0.25) is 14.9 Å². The van der Waals surface area contributed by atoms with Crippen LogP contribution in [0, 0.1) is 10.1 Å². The van der Waals surface area contributed by atoms with Crippen LogP contribution in [0.1, 0.15) is 36.0 Å². The van der Waals surface area contributed by atoms with Crippen LogP contribution in [0.5, 0.6) is 11.5 Å². The van der Waals surface area contributed by atoms with Gasteiger partial charge in [0.2, 0.25) is 9.84 Å². The van der Waals surface area contributed by atoms with Crippen molar-refractivity contribution in [2.24, 2.45) is 5.73 Å².